The van der Waals surface area contributed by atoms with Gasteiger partial charge in [-0.3, -0.25) is 9.59 Å². The van der Waals surface area contributed by atoms with Crippen LogP contribution >= 0.6 is 0 Å². The largest absolute Gasteiger partial charge is 0.349 e. The molecule has 1 saturated heterocycles. The van der Waals surface area contributed by atoms with Gasteiger partial charge in [-0.15, -0.1) is 6.58 Å². The zero-order valence-corrected chi connectivity index (χ0v) is 19.2. The van der Waals surface area contributed by atoms with Gasteiger partial charge < -0.3 is 9.88 Å². The number of sulfonamides is 1. The van der Waals surface area contributed by atoms with Crippen LogP contribution in [0.3, 0.4) is 0 Å². The number of aromatic nitrogens is 1. The number of hydrogen-bond donors (Lipinski definition) is 1. The second kappa shape index (κ2) is 9.58. The Hall–Kier alpha value is -2.45. The Morgan fingerprint density at radius 3 is 2.44 bits per heavy atom. The lowest BCUT2D eigenvalue weighted by Crippen LogP contribution is -2.36. The van der Waals surface area contributed by atoms with Crippen molar-refractivity contribution in [1.29, 1.82) is 0 Å². The Kier molecular flexibility index (Phi) is 6.81. The number of hydrogen-bond acceptors (Lipinski definition) is 4. The molecule has 2 heterocycles. The Bertz CT molecular complexity index is 1170. The highest BCUT2D eigenvalue weighted by molar-refractivity contribution is 7.89. The Labute approximate surface area is 189 Å². The first-order chi connectivity index (χ1) is 15.4. The maximum Gasteiger partial charge on any atom is 0.256 e. The molecule has 0 unspecified atom stereocenters. The molecule has 1 saturated carbocycles. The number of rotatable bonds is 6. The van der Waals surface area contributed by atoms with E-state index < -0.39 is 21.4 Å². The molecule has 0 spiro atoms. The molecule has 1 amide bonds. The van der Waals surface area contributed by atoms with Crippen molar-refractivity contribution in [2.24, 2.45) is 0 Å². The Balaban J connectivity index is 1.78. The molecular weight excluding hydrogens is 426 g/mol. The van der Waals surface area contributed by atoms with Gasteiger partial charge in [-0.25, -0.2) is 8.42 Å². The standard InChI is InChI=1S/C24H31N3O4S/c1-2-13-26-17-21(24(29)25-18-9-5-6-10-18)23(28)20-16-19(11-12-22(20)26)32(30,31)27-14-7-3-4-8-15-27/h2,11-12,16-18H,1,3-10,13-15H2,(H,25,29). The van der Waals surface area contributed by atoms with Crippen LogP contribution in [0.4, 0.5) is 0 Å². The number of nitrogens with one attached hydrogen (secondary N) is 1. The van der Waals surface area contributed by atoms with E-state index in [0.29, 0.717) is 25.2 Å². The number of allylic oxidation sites excluding steroid dienone is 1. The summed E-state index contributed by atoms with van der Waals surface area (Å²) in [6.07, 6.45) is 10.9. The van der Waals surface area contributed by atoms with Gasteiger partial charge in [0, 0.05) is 37.3 Å². The maximum absolute atomic E-state index is 13.3. The zero-order valence-electron chi connectivity index (χ0n) is 18.4. The van der Waals surface area contributed by atoms with Gasteiger partial charge in [-0.1, -0.05) is 31.8 Å². The number of benzene rings is 1. The maximum atomic E-state index is 13.3. The van der Waals surface area contributed by atoms with E-state index in [2.05, 4.69) is 11.9 Å². The molecule has 0 atom stereocenters. The Morgan fingerprint density at radius 1 is 1.09 bits per heavy atom. The molecule has 2 fully saturated rings. The van der Waals surface area contributed by atoms with E-state index in [4.69, 9.17) is 0 Å². The molecule has 1 aromatic heterocycles. The molecule has 1 aliphatic carbocycles. The van der Waals surface area contributed by atoms with Crippen LogP contribution in [0.1, 0.15) is 61.7 Å². The van der Waals surface area contributed by atoms with Crippen LogP contribution in [0.25, 0.3) is 10.9 Å². The van der Waals surface area contributed by atoms with E-state index in [0.717, 1.165) is 51.4 Å². The molecule has 32 heavy (non-hydrogen) atoms. The van der Waals surface area contributed by atoms with Gasteiger partial charge in [0.25, 0.3) is 5.91 Å². The summed E-state index contributed by atoms with van der Waals surface area (Å²) >= 11 is 0. The molecule has 8 heteroatoms. The average molecular weight is 458 g/mol. The Morgan fingerprint density at radius 2 is 1.78 bits per heavy atom. The van der Waals surface area contributed by atoms with Crippen molar-refractivity contribution >= 4 is 26.8 Å². The first kappa shape index (κ1) is 22.7. The van der Waals surface area contributed by atoms with Gasteiger partial charge in [-0.05, 0) is 43.9 Å². The second-order valence-corrected chi connectivity index (χ2v) is 10.7. The van der Waals surface area contributed by atoms with E-state index in [-0.39, 0.29) is 21.9 Å². The van der Waals surface area contributed by atoms with Gasteiger partial charge in [0.15, 0.2) is 0 Å². The first-order valence-corrected chi connectivity index (χ1v) is 12.9. The van der Waals surface area contributed by atoms with E-state index in [1.807, 2.05) is 0 Å². The lowest BCUT2D eigenvalue weighted by molar-refractivity contribution is 0.0936. The fourth-order valence-electron chi connectivity index (χ4n) is 4.75. The number of pyridine rings is 1. The molecule has 2 aromatic rings. The van der Waals surface area contributed by atoms with Crippen molar-refractivity contribution in [3.8, 4) is 0 Å². The second-order valence-electron chi connectivity index (χ2n) is 8.77. The minimum Gasteiger partial charge on any atom is -0.349 e. The summed E-state index contributed by atoms with van der Waals surface area (Å²) in [5.74, 6) is -0.401. The van der Waals surface area contributed by atoms with Gasteiger partial charge >= 0.3 is 0 Å². The summed E-state index contributed by atoms with van der Waals surface area (Å²) in [7, 11) is -3.71. The minimum absolute atomic E-state index is 0.0376. The van der Waals surface area contributed by atoms with Crippen LogP contribution in [0.15, 0.2) is 46.7 Å². The van der Waals surface area contributed by atoms with Crippen molar-refractivity contribution in [3.05, 3.63) is 52.8 Å². The number of nitrogens with zero attached hydrogens (tertiary/aromatic N) is 2. The highest BCUT2D eigenvalue weighted by atomic mass is 32.2. The van der Waals surface area contributed by atoms with E-state index >= 15 is 0 Å². The molecule has 7 nitrogen and oxygen atoms in total. The van der Waals surface area contributed by atoms with Crippen molar-refractivity contribution in [2.75, 3.05) is 13.1 Å². The highest BCUT2D eigenvalue weighted by Gasteiger charge is 2.27. The third kappa shape index (κ3) is 4.52. The van der Waals surface area contributed by atoms with Gasteiger partial charge in [-0.2, -0.15) is 4.31 Å². The predicted octanol–water partition coefficient (Wildman–Crippen LogP) is 3.42. The van der Waals surface area contributed by atoms with E-state index in [1.165, 1.54) is 10.4 Å². The number of carbonyl (C=O) groups is 1. The third-order valence-electron chi connectivity index (χ3n) is 6.52. The lowest BCUT2D eigenvalue weighted by atomic mass is 10.1. The van der Waals surface area contributed by atoms with Crippen LogP contribution < -0.4 is 10.7 Å². The smallest absolute Gasteiger partial charge is 0.256 e. The summed E-state index contributed by atoms with van der Waals surface area (Å²) in [5.41, 5.74) is 0.182. The molecular formula is C24H31N3O4S. The molecule has 0 radical (unpaired) electrons. The van der Waals surface area contributed by atoms with Gasteiger partial charge in [0.05, 0.1) is 10.4 Å². The normalized spacial score (nSPS) is 18.5. The van der Waals surface area contributed by atoms with Crippen molar-refractivity contribution < 1.29 is 13.2 Å². The van der Waals surface area contributed by atoms with Crippen molar-refractivity contribution in [3.63, 3.8) is 0 Å². The predicted molar refractivity (Wildman–Crippen MR) is 125 cm³/mol. The van der Waals surface area contributed by atoms with Crippen molar-refractivity contribution in [1.82, 2.24) is 14.2 Å². The minimum atomic E-state index is -3.71. The molecule has 0 bridgehead atoms. The van der Waals surface area contributed by atoms with Crippen LogP contribution in [0, 0.1) is 0 Å². The SMILES string of the molecule is C=CCn1cc(C(=O)NC2CCCC2)c(=O)c2cc(S(=O)(=O)N3CCCCCC3)ccc21. The van der Waals surface area contributed by atoms with Crippen LogP contribution in [0.5, 0.6) is 0 Å². The van der Waals surface area contributed by atoms with Crippen LogP contribution in [-0.4, -0.2) is 42.3 Å². The van der Waals surface area contributed by atoms with E-state index in [9.17, 15) is 18.0 Å². The van der Waals surface area contributed by atoms with E-state index in [1.54, 1.807) is 29.0 Å². The fourth-order valence-corrected chi connectivity index (χ4v) is 6.30. The zero-order chi connectivity index (χ0) is 22.7. The van der Waals surface area contributed by atoms with Crippen molar-refractivity contribution in [2.45, 2.75) is 68.8 Å². The summed E-state index contributed by atoms with van der Waals surface area (Å²) in [4.78, 5) is 26.3. The summed E-state index contributed by atoms with van der Waals surface area (Å²) in [6.45, 7) is 5.15. The fraction of sp³-hybridized carbons (Fsp3) is 0.500. The van der Waals surface area contributed by atoms with Gasteiger partial charge in [0.1, 0.15) is 5.56 Å². The number of fused-ring (bicyclic) bond motifs is 1. The monoisotopic (exact) mass is 457 g/mol. The molecule has 172 valence electrons. The number of amides is 1. The molecule has 1 aromatic carbocycles. The summed E-state index contributed by atoms with van der Waals surface area (Å²) < 4.78 is 29.8. The average Bonchev–Trinajstić information content (AvgIpc) is 3.13. The van der Waals surface area contributed by atoms with Gasteiger partial charge in [0.2, 0.25) is 15.5 Å². The summed E-state index contributed by atoms with van der Waals surface area (Å²) in [5, 5.41) is 3.21. The highest BCUT2D eigenvalue weighted by Crippen LogP contribution is 2.24. The van der Waals surface area contributed by atoms with Crippen LogP contribution in [-0.2, 0) is 16.6 Å². The quantitative estimate of drug-likeness (QED) is 0.673. The number of carbonyl (C=O) groups excluding carboxylic acids is 1. The summed E-state index contributed by atoms with van der Waals surface area (Å²) in [6, 6.07) is 4.73. The molecule has 4 rings (SSSR count). The first-order valence-electron chi connectivity index (χ1n) is 11.5. The molecule has 1 N–H and O–H groups in total. The lowest BCUT2D eigenvalue weighted by Gasteiger charge is -2.20. The molecule has 2 aliphatic rings. The molecule has 1 aliphatic heterocycles. The van der Waals surface area contributed by atoms with Crippen LogP contribution in [0.2, 0.25) is 0 Å². The topological polar surface area (TPSA) is 88.5 Å². The third-order valence-corrected chi connectivity index (χ3v) is 8.41.